The first kappa shape index (κ1) is 13.5. The number of anilines is 1. The largest absolute Gasteiger partial charge is 0.350 e. The monoisotopic (exact) mass is 256 g/mol. The fraction of sp³-hybridized carbons (Fsp3) is 0.400. The van der Waals surface area contributed by atoms with Crippen LogP contribution >= 0.6 is 0 Å². The second-order valence-electron chi connectivity index (χ2n) is 5.07. The third-order valence-electron chi connectivity index (χ3n) is 2.89. The average Bonchev–Trinajstić information content (AvgIpc) is 2.37. The summed E-state index contributed by atoms with van der Waals surface area (Å²) in [6.07, 6.45) is 1.88. The van der Waals surface area contributed by atoms with E-state index < -0.39 is 0 Å². The van der Waals surface area contributed by atoms with E-state index >= 15 is 0 Å². The van der Waals surface area contributed by atoms with Gasteiger partial charge in [-0.1, -0.05) is 19.9 Å². The van der Waals surface area contributed by atoms with Crippen molar-refractivity contribution in [1.29, 1.82) is 0 Å². The molecule has 2 aromatic rings. The predicted octanol–water partition coefficient (Wildman–Crippen LogP) is 3.22. The number of nitrogens with one attached hydrogen (secondary N) is 1. The molecule has 0 amide bonds. The van der Waals surface area contributed by atoms with Gasteiger partial charge >= 0.3 is 0 Å². The van der Waals surface area contributed by atoms with Gasteiger partial charge in [-0.2, -0.15) is 0 Å². The number of nitrogens with zero attached hydrogens (tertiary/aromatic N) is 3. The Morgan fingerprint density at radius 3 is 2.53 bits per heavy atom. The standard InChI is InChI=1S/C15H20N4/c1-10(2)14-7-12(4)18-15(19-14)17-9-13-6-5-11(3)16-8-13/h5-8,10H,9H2,1-4H3,(H,17,18,19). The minimum Gasteiger partial charge on any atom is -0.350 e. The molecule has 0 bridgehead atoms. The van der Waals surface area contributed by atoms with Crippen LogP contribution in [0.1, 0.15) is 42.4 Å². The molecule has 1 N–H and O–H groups in total. The Labute approximate surface area is 114 Å². The highest BCUT2D eigenvalue weighted by Gasteiger charge is 2.05. The van der Waals surface area contributed by atoms with Crippen molar-refractivity contribution in [2.45, 2.75) is 40.2 Å². The summed E-state index contributed by atoms with van der Waals surface area (Å²) in [6, 6.07) is 6.10. The molecular formula is C15H20N4. The lowest BCUT2D eigenvalue weighted by atomic mass is 10.1. The first-order chi connectivity index (χ1) is 9.04. The Morgan fingerprint density at radius 2 is 1.89 bits per heavy atom. The zero-order valence-corrected chi connectivity index (χ0v) is 11.9. The molecule has 100 valence electrons. The van der Waals surface area contributed by atoms with Crippen LogP contribution in [0.4, 0.5) is 5.95 Å². The predicted molar refractivity (Wildman–Crippen MR) is 77.2 cm³/mol. The van der Waals surface area contributed by atoms with Crippen molar-refractivity contribution >= 4 is 5.95 Å². The van der Waals surface area contributed by atoms with Crippen molar-refractivity contribution in [2.24, 2.45) is 0 Å². The van der Waals surface area contributed by atoms with Crippen LogP contribution in [0.2, 0.25) is 0 Å². The topological polar surface area (TPSA) is 50.7 Å². The van der Waals surface area contributed by atoms with Crippen molar-refractivity contribution in [3.05, 3.63) is 47.0 Å². The van der Waals surface area contributed by atoms with Crippen molar-refractivity contribution in [3.63, 3.8) is 0 Å². The molecule has 2 rings (SSSR count). The van der Waals surface area contributed by atoms with Gasteiger partial charge in [-0.3, -0.25) is 4.98 Å². The summed E-state index contributed by atoms with van der Waals surface area (Å²) in [7, 11) is 0. The van der Waals surface area contributed by atoms with Crippen LogP contribution in [0.5, 0.6) is 0 Å². The minimum atomic E-state index is 0.406. The van der Waals surface area contributed by atoms with Gasteiger partial charge in [-0.25, -0.2) is 9.97 Å². The van der Waals surface area contributed by atoms with Crippen LogP contribution in [-0.4, -0.2) is 15.0 Å². The number of aromatic nitrogens is 3. The van der Waals surface area contributed by atoms with Gasteiger partial charge in [0.25, 0.3) is 0 Å². The number of hydrogen-bond acceptors (Lipinski definition) is 4. The Kier molecular flexibility index (Phi) is 4.10. The van der Waals surface area contributed by atoms with Crippen molar-refractivity contribution in [3.8, 4) is 0 Å². The number of rotatable bonds is 4. The van der Waals surface area contributed by atoms with E-state index in [1.807, 2.05) is 32.2 Å². The molecule has 19 heavy (non-hydrogen) atoms. The normalized spacial score (nSPS) is 10.8. The number of aryl methyl sites for hydroxylation is 2. The fourth-order valence-electron chi connectivity index (χ4n) is 1.75. The van der Waals surface area contributed by atoms with E-state index in [0.717, 1.165) is 22.6 Å². The zero-order valence-electron chi connectivity index (χ0n) is 11.9. The third-order valence-corrected chi connectivity index (χ3v) is 2.89. The lowest BCUT2D eigenvalue weighted by Gasteiger charge is -2.10. The second kappa shape index (κ2) is 5.78. The lowest BCUT2D eigenvalue weighted by Crippen LogP contribution is -2.07. The SMILES string of the molecule is Cc1ccc(CNc2nc(C)cc(C(C)C)n2)cn1. The van der Waals surface area contributed by atoms with Gasteiger partial charge in [0.1, 0.15) is 0 Å². The molecule has 0 aliphatic rings. The molecule has 0 fully saturated rings. The molecule has 0 aliphatic carbocycles. The summed E-state index contributed by atoms with van der Waals surface area (Å²) in [4.78, 5) is 13.2. The van der Waals surface area contributed by atoms with Gasteiger partial charge in [0.05, 0.1) is 0 Å². The molecule has 4 heteroatoms. The molecule has 0 radical (unpaired) electrons. The lowest BCUT2D eigenvalue weighted by molar-refractivity contribution is 0.808. The first-order valence-corrected chi connectivity index (χ1v) is 6.55. The molecule has 0 unspecified atom stereocenters. The van der Waals surface area contributed by atoms with E-state index in [-0.39, 0.29) is 0 Å². The van der Waals surface area contributed by atoms with Crippen LogP contribution in [-0.2, 0) is 6.54 Å². The molecule has 0 saturated carbocycles. The Balaban J connectivity index is 2.08. The summed E-state index contributed by atoms with van der Waals surface area (Å²) < 4.78 is 0. The van der Waals surface area contributed by atoms with E-state index in [4.69, 9.17) is 0 Å². The van der Waals surface area contributed by atoms with E-state index in [1.165, 1.54) is 0 Å². The minimum absolute atomic E-state index is 0.406. The maximum atomic E-state index is 4.52. The Hall–Kier alpha value is -1.97. The molecule has 2 heterocycles. The van der Waals surface area contributed by atoms with Gasteiger partial charge in [-0.15, -0.1) is 0 Å². The average molecular weight is 256 g/mol. The van der Waals surface area contributed by atoms with Crippen molar-refractivity contribution in [1.82, 2.24) is 15.0 Å². The molecule has 2 aromatic heterocycles. The highest BCUT2D eigenvalue weighted by atomic mass is 15.1. The molecule has 0 saturated heterocycles. The Morgan fingerprint density at radius 1 is 1.11 bits per heavy atom. The quantitative estimate of drug-likeness (QED) is 0.912. The highest BCUT2D eigenvalue weighted by Crippen LogP contribution is 2.14. The summed E-state index contributed by atoms with van der Waals surface area (Å²) in [5.41, 5.74) is 4.21. The maximum absolute atomic E-state index is 4.52. The molecule has 4 nitrogen and oxygen atoms in total. The van der Waals surface area contributed by atoms with Crippen LogP contribution in [0, 0.1) is 13.8 Å². The van der Waals surface area contributed by atoms with E-state index in [0.29, 0.717) is 18.4 Å². The second-order valence-corrected chi connectivity index (χ2v) is 5.07. The Bertz CT molecular complexity index is 547. The summed E-state index contributed by atoms with van der Waals surface area (Å²) in [5, 5.41) is 3.25. The van der Waals surface area contributed by atoms with Crippen LogP contribution in [0.25, 0.3) is 0 Å². The smallest absolute Gasteiger partial charge is 0.223 e. The van der Waals surface area contributed by atoms with Crippen LogP contribution < -0.4 is 5.32 Å². The van der Waals surface area contributed by atoms with E-state index in [2.05, 4.69) is 40.2 Å². The molecule has 0 aromatic carbocycles. The molecule has 0 spiro atoms. The van der Waals surface area contributed by atoms with Gasteiger partial charge in [0.2, 0.25) is 5.95 Å². The summed E-state index contributed by atoms with van der Waals surface area (Å²) in [5.74, 6) is 1.09. The highest BCUT2D eigenvalue weighted by molar-refractivity contribution is 5.30. The first-order valence-electron chi connectivity index (χ1n) is 6.55. The summed E-state index contributed by atoms with van der Waals surface area (Å²) >= 11 is 0. The van der Waals surface area contributed by atoms with Gasteiger partial charge in [0.15, 0.2) is 0 Å². The zero-order chi connectivity index (χ0) is 13.8. The van der Waals surface area contributed by atoms with Gasteiger partial charge in [-0.05, 0) is 37.5 Å². The number of hydrogen-bond donors (Lipinski definition) is 1. The third kappa shape index (κ3) is 3.74. The summed E-state index contributed by atoms with van der Waals surface area (Å²) in [6.45, 7) is 8.93. The maximum Gasteiger partial charge on any atom is 0.223 e. The molecular weight excluding hydrogens is 236 g/mol. The van der Waals surface area contributed by atoms with Crippen LogP contribution in [0.15, 0.2) is 24.4 Å². The van der Waals surface area contributed by atoms with Gasteiger partial charge in [0, 0.05) is 29.8 Å². The van der Waals surface area contributed by atoms with E-state index in [1.54, 1.807) is 0 Å². The van der Waals surface area contributed by atoms with Crippen molar-refractivity contribution in [2.75, 3.05) is 5.32 Å². The molecule has 0 aliphatic heterocycles. The fourth-order valence-corrected chi connectivity index (χ4v) is 1.75. The molecule has 0 atom stereocenters. The number of pyridine rings is 1. The van der Waals surface area contributed by atoms with E-state index in [9.17, 15) is 0 Å². The van der Waals surface area contributed by atoms with Crippen LogP contribution in [0.3, 0.4) is 0 Å². The van der Waals surface area contributed by atoms with Gasteiger partial charge < -0.3 is 5.32 Å². The van der Waals surface area contributed by atoms with Crippen molar-refractivity contribution < 1.29 is 0 Å².